The Balaban J connectivity index is 1.02. The molecule has 43 heavy (non-hydrogen) atoms. The molecule has 5 aromatic rings. The van der Waals surface area contributed by atoms with E-state index in [2.05, 4.69) is 40.5 Å². The molecule has 3 fully saturated rings. The third-order valence-corrected chi connectivity index (χ3v) is 10.6. The van der Waals surface area contributed by atoms with Crippen LogP contribution in [0, 0.1) is 11.3 Å². The van der Waals surface area contributed by atoms with Gasteiger partial charge in [-0.3, -0.25) is 0 Å². The van der Waals surface area contributed by atoms with Crippen LogP contribution in [0.2, 0.25) is 0 Å². The Hall–Kier alpha value is -3.81. The van der Waals surface area contributed by atoms with Crippen molar-refractivity contribution in [3.63, 3.8) is 0 Å². The van der Waals surface area contributed by atoms with Gasteiger partial charge in [-0.25, -0.2) is 4.98 Å². The summed E-state index contributed by atoms with van der Waals surface area (Å²) >= 11 is 0. The highest BCUT2D eigenvalue weighted by atomic mass is 19.3. The lowest BCUT2D eigenvalue weighted by Gasteiger charge is -2.14. The molecule has 2 aromatic heterocycles. The highest BCUT2D eigenvalue weighted by Gasteiger charge is 2.49. The maximum Gasteiger partial charge on any atom is 0.299 e. The van der Waals surface area contributed by atoms with Crippen LogP contribution in [0.15, 0.2) is 66.7 Å². The van der Waals surface area contributed by atoms with E-state index in [0.29, 0.717) is 34.5 Å². The number of hydrogen-bond acceptors (Lipinski definition) is 3. The molecule has 4 aliphatic rings. The van der Waals surface area contributed by atoms with E-state index in [0.717, 1.165) is 64.3 Å². The van der Waals surface area contributed by atoms with Crippen LogP contribution < -0.4 is 10.6 Å². The van der Waals surface area contributed by atoms with Crippen molar-refractivity contribution >= 4 is 11.0 Å². The number of aromatic nitrogens is 3. The van der Waals surface area contributed by atoms with Gasteiger partial charge in [0.1, 0.15) is 5.82 Å². The van der Waals surface area contributed by atoms with Gasteiger partial charge in [-0.15, -0.1) is 0 Å². The van der Waals surface area contributed by atoms with Crippen molar-refractivity contribution < 1.29 is 8.78 Å². The zero-order chi connectivity index (χ0) is 29.1. The molecule has 2 aliphatic heterocycles. The van der Waals surface area contributed by atoms with Crippen LogP contribution in [0.25, 0.3) is 44.5 Å². The van der Waals surface area contributed by atoms with Crippen LogP contribution in [0.5, 0.6) is 0 Å². The van der Waals surface area contributed by atoms with Gasteiger partial charge < -0.3 is 20.6 Å². The first-order valence-electron chi connectivity index (χ1n) is 15.6. The van der Waals surface area contributed by atoms with Gasteiger partial charge in [-0.05, 0) is 108 Å². The standard InChI is InChI=1S/C36H35F2N5/c1-19-13-20(2)40-33(19)34-42-29-8-5-22(16-31(29)43-34)21-3-6-24-25-7-4-23(15-27(25)36(37,38)26(24)14-21)28-9-10-30(41-28)32-17-35(11-12-35)18-39-32/h3-10,14-16,19-20,32-33,39-41H,11-13,17-18H2,1-2H3,(H,42,43)/t19-,20+,32-,33-/m0/s1. The molecule has 2 aliphatic carbocycles. The second-order valence-electron chi connectivity index (χ2n) is 13.7. The number of H-pyrrole nitrogens is 2. The first kappa shape index (κ1) is 25.7. The van der Waals surface area contributed by atoms with Crippen LogP contribution in [-0.4, -0.2) is 27.5 Å². The Morgan fingerprint density at radius 2 is 1.53 bits per heavy atom. The summed E-state index contributed by atoms with van der Waals surface area (Å²) in [5, 5.41) is 7.27. The van der Waals surface area contributed by atoms with E-state index in [1.54, 1.807) is 12.1 Å². The molecule has 4 atom stereocenters. The summed E-state index contributed by atoms with van der Waals surface area (Å²) in [7, 11) is 0. The van der Waals surface area contributed by atoms with Crippen molar-refractivity contribution in [1.82, 2.24) is 25.6 Å². The predicted octanol–water partition coefficient (Wildman–Crippen LogP) is 8.22. The summed E-state index contributed by atoms with van der Waals surface area (Å²) in [6, 6.07) is 22.1. The Kier molecular flexibility index (Phi) is 5.29. The molecule has 2 saturated heterocycles. The minimum Gasteiger partial charge on any atom is -0.357 e. The minimum absolute atomic E-state index is 0.0672. The van der Waals surface area contributed by atoms with Gasteiger partial charge in [-0.2, -0.15) is 8.78 Å². The summed E-state index contributed by atoms with van der Waals surface area (Å²) in [4.78, 5) is 11.9. The molecular weight excluding hydrogens is 540 g/mol. The Bertz CT molecular complexity index is 1910. The number of nitrogens with zero attached hydrogens (tertiary/aromatic N) is 1. The fourth-order valence-electron chi connectivity index (χ4n) is 7.99. The van der Waals surface area contributed by atoms with Crippen molar-refractivity contribution in [2.24, 2.45) is 11.3 Å². The molecular formula is C36H35F2N5. The summed E-state index contributed by atoms with van der Waals surface area (Å²) in [6.45, 7) is 5.52. The molecule has 7 heteroatoms. The first-order valence-corrected chi connectivity index (χ1v) is 15.6. The number of hydrogen-bond donors (Lipinski definition) is 4. The van der Waals surface area contributed by atoms with Gasteiger partial charge in [0.15, 0.2) is 0 Å². The van der Waals surface area contributed by atoms with Crippen molar-refractivity contribution in [1.29, 1.82) is 0 Å². The zero-order valence-electron chi connectivity index (χ0n) is 24.4. The number of halogens is 2. The smallest absolute Gasteiger partial charge is 0.299 e. The number of fused-ring (bicyclic) bond motifs is 4. The van der Waals surface area contributed by atoms with Gasteiger partial charge in [0, 0.05) is 41.1 Å². The number of rotatable bonds is 4. The van der Waals surface area contributed by atoms with Crippen LogP contribution in [-0.2, 0) is 5.92 Å². The summed E-state index contributed by atoms with van der Waals surface area (Å²) in [6.07, 6.45) is 4.88. The number of aromatic amines is 2. The fraction of sp³-hybridized carbons (Fsp3) is 0.361. The van der Waals surface area contributed by atoms with Crippen LogP contribution in [0.3, 0.4) is 0 Å². The van der Waals surface area contributed by atoms with Crippen LogP contribution in [0.1, 0.15) is 74.3 Å². The molecule has 5 nitrogen and oxygen atoms in total. The van der Waals surface area contributed by atoms with Crippen LogP contribution in [0.4, 0.5) is 8.78 Å². The third kappa shape index (κ3) is 3.97. The summed E-state index contributed by atoms with van der Waals surface area (Å²) in [5.41, 5.74) is 8.14. The summed E-state index contributed by atoms with van der Waals surface area (Å²) < 4.78 is 32.2. The zero-order valence-corrected chi connectivity index (χ0v) is 24.4. The molecule has 218 valence electrons. The van der Waals surface area contributed by atoms with Crippen molar-refractivity contribution in [2.45, 2.75) is 63.6 Å². The fourth-order valence-corrected chi connectivity index (χ4v) is 7.99. The minimum atomic E-state index is -3.08. The maximum absolute atomic E-state index is 16.1. The highest BCUT2D eigenvalue weighted by Crippen LogP contribution is 2.55. The van der Waals surface area contributed by atoms with Crippen LogP contribution >= 0.6 is 0 Å². The highest BCUT2D eigenvalue weighted by molar-refractivity contribution is 5.87. The molecule has 1 spiro atoms. The molecule has 1 saturated carbocycles. The van der Waals surface area contributed by atoms with E-state index in [-0.39, 0.29) is 17.2 Å². The van der Waals surface area contributed by atoms with Gasteiger partial charge in [-0.1, -0.05) is 37.3 Å². The Morgan fingerprint density at radius 1 is 0.814 bits per heavy atom. The third-order valence-electron chi connectivity index (χ3n) is 10.6. The van der Waals surface area contributed by atoms with E-state index >= 15 is 8.78 Å². The van der Waals surface area contributed by atoms with Gasteiger partial charge >= 0.3 is 0 Å². The largest absolute Gasteiger partial charge is 0.357 e. The number of nitrogens with one attached hydrogen (secondary N) is 4. The maximum atomic E-state index is 16.1. The molecule has 4 heterocycles. The van der Waals surface area contributed by atoms with Crippen molar-refractivity contribution in [3.05, 3.63) is 89.4 Å². The molecule has 0 amide bonds. The van der Waals surface area contributed by atoms with Crippen molar-refractivity contribution in [2.75, 3.05) is 6.54 Å². The Labute approximate surface area is 249 Å². The van der Waals surface area contributed by atoms with Gasteiger partial charge in [0.25, 0.3) is 5.92 Å². The molecule has 0 radical (unpaired) electrons. The number of imidazole rings is 1. The lowest BCUT2D eigenvalue weighted by molar-refractivity contribution is 0.0481. The lowest BCUT2D eigenvalue weighted by Crippen LogP contribution is -2.22. The molecule has 9 rings (SSSR count). The summed E-state index contributed by atoms with van der Waals surface area (Å²) in [5.74, 6) is -1.64. The average molecular weight is 576 g/mol. The normalized spacial score (nSPS) is 26.3. The molecule has 4 N–H and O–H groups in total. The van der Waals surface area contributed by atoms with E-state index < -0.39 is 5.92 Å². The SMILES string of the molecule is C[C@@H]1C[C@H](C)[C@@H](c2nc3ccc(-c4ccc5c(c4)C(F)(F)c4cc(-c6ccc([C@@H]7CC8(CC8)CN7)[nH]6)ccc4-5)cc3[nH]2)N1. The topological polar surface area (TPSA) is 68.5 Å². The lowest BCUT2D eigenvalue weighted by atomic mass is 9.98. The quantitative estimate of drug-likeness (QED) is 0.175. The first-order chi connectivity index (χ1) is 20.8. The Morgan fingerprint density at radius 3 is 2.26 bits per heavy atom. The predicted molar refractivity (Wildman–Crippen MR) is 166 cm³/mol. The van der Waals surface area contributed by atoms with Gasteiger partial charge in [0.2, 0.25) is 0 Å². The van der Waals surface area contributed by atoms with Gasteiger partial charge in [0.05, 0.1) is 17.1 Å². The van der Waals surface area contributed by atoms with E-state index in [4.69, 9.17) is 4.98 Å². The second kappa shape index (κ2) is 8.87. The second-order valence-corrected chi connectivity index (χ2v) is 13.7. The van der Waals surface area contributed by atoms with E-state index in [9.17, 15) is 0 Å². The monoisotopic (exact) mass is 575 g/mol. The number of alkyl halides is 2. The molecule has 0 unspecified atom stereocenters. The van der Waals surface area contributed by atoms with E-state index in [1.165, 1.54) is 12.8 Å². The van der Waals surface area contributed by atoms with Crippen molar-refractivity contribution in [3.8, 4) is 33.5 Å². The molecule has 0 bridgehead atoms. The molecule has 3 aromatic carbocycles. The van der Waals surface area contributed by atoms with E-state index in [1.807, 2.05) is 48.5 Å². The number of benzene rings is 3. The average Bonchev–Trinajstić information content (AvgIpc) is 3.48.